The van der Waals surface area contributed by atoms with E-state index >= 15 is 0 Å². The number of alkyl halides is 1. The third-order valence-corrected chi connectivity index (χ3v) is 3.14. The second kappa shape index (κ2) is 4.67. The molecule has 2 aromatic rings. The minimum Gasteiger partial charge on any atom is -0.419 e. The van der Waals surface area contributed by atoms with Crippen LogP contribution in [0, 0.1) is 3.57 Å². The van der Waals surface area contributed by atoms with Gasteiger partial charge in [-0.2, -0.15) is 0 Å². The molecule has 6 heteroatoms. The van der Waals surface area contributed by atoms with Gasteiger partial charge in [-0.25, -0.2) is 0 Å². The van der Waals surface area contributed by atoms with Gasteiger partial charge < -0.3 is 4.42 Å². The fourth-order valence-corrected chi connectivity index (χ4v) is 1.92. The SMILES string of the molecule is ClCc1nnc(-c2cc(Cl)ccc2I)o1. The Bertz CT molecular complexity index is 487. The van der Waals surface area contributed by atoms with Crippen LogP contribution in [0.25, 0.3) is 11.5 Å². The van der Waals surface area contributed by atoms with Gasteiger partial charge in [0.2, 0.25) is 11.8 Å². The molecule has 1 aromatic heterocycles. The van der Waals surface area contributed by atoms with Crippen LogP contribution in [0.1, 0.15) is 5.89 Å². The zero-order valence-corrected chi connectivity index (χ0v) is 11.0. The molecule has 0 saturated carbocycles. The predicted molar refractivity (Wildman–Crippen MR) is 67.0 cm³/mol. The standard InChI is InChI=1S/C9H5Cl2IN2O/c10-4-8-13-14-9(15-8)6-3-5(11)1-2-7(6)12/h1-3H,4H2. The van der Waals surface area contributed by atoms with Crippen LogP contribution in [0.4, 0.5) is 0 Å². The van der Waals surface area contributed by atoms with Crippen molar-refractivity contribution in [3.8, 4) is 11.5 Å². The van der Waals surface area contributed by atoms with E-state index < -0.39 is 0 Å². The van der Waals surface area contributed by atoms with Crippen molar-refractivity contribution in [1.82, 2.24) is 10.2 Å². The molecule has 0 atom stereocenters. The molecule has 0 N–H and O–H groups in total. The Morgan fingerprint density at radius 1 is 1.33 bits per heavy atom. The largest absolute Gasteiger partial charge is 0.419 e. The van der Waals surface area contributed by atoms with Crippen molar-refractivity contribution in [2.45, 2.75) is 5.88 Å². The predicted octanol–water partition coefficient (Wildman–Crippen LogP) is 3.73. The highest BCUT2D eigenvalue weighted by Crippen LogP contribution is 2.27. The molecule has 2 rings (SSSR count). The summed E-state index contributed by atoms with van der Waals surface area (Å²) in [6.07, 6.45) is 0. The monoisotopic (exact) mass is 354 g/mol. The molecule has 0 spiro atoms. The average molecular weight is 355 g/mol. The van der Waals surface area contributed by atoms with Crippen molar-refractivity contribution in [1.29, 1.82) is 0 Å². The molecule has 0 bridgehead atoms. The van der Waals surface area contributed by atoms with Crippen LogP contribution in [0.15, 0.2) is 22.6 Å². The molecule has 78 valence electrons. The van der Waals surface area contributed by atoms with E-state index in [1.807, 2.05) is 12.1 Å². The Kier molecular flexibility index (Phi) is 3.48. The second-order valence-corrected chi connectivity index (χ2v) is 4.62. The lowest BCUT2D eigenvalue weighted by Gasteiger charge is -1.99. The van der Waals surface area contributed by atoms with Gasteiger partial charge in [0.1, 0.15) is 5.88 Å². The molecule has 1 aromatic carbocycles. The van der Waals surface area contributed by atoms with Crippen LogP contribution in [0.5, 0.6) is 0 Å². The highest BCUT2D eigenvalue weighted by atomic mass is 127. The molecular formula is C9H5Cl2IN2O. The van der Waals surface area contributed by atoms with E-state index in [-0.39, 0.29) is 5.88 Å². The lowest BCUT2D eigenvalue weighted by molar-refractivity contribution is 0.527. The van der Waals surface area contributed by atoms with Crippen molar-refractivity contribution in [3.63, 3.8) is 0 Å². The first-order valence-corrected chi connectivity index (χ1v) is 6.03. The molecule has 1 heterocycles. The highest BCUT2D eigenvalue weighted by molar-refractivity contribution is 14.1. The Labute approximate surface area is 110 Å². The number of rotatable bonds is 2. The molecule has 0 aliphatic heterocycles. The number of hydrogen-bond acceptors (Lipinski definition) is 3. The zero-order valence-electron chi connectivity index (χ0n) is 7.38. The molecule has 0 amide bonds. The molecule has 15 heavy (non-hydrogen) atoms. The Hall–Kier alpha value is -0.330. The van der Waals surface area contributed by atoms with Crippen LogP contribution in [-0.2, 0) is 5.88 Å². The number of hydrogen-bond donors (Lipinski definition) is 0. The summed E-state index contributed by atoms with van der Waals surface area (Å²) in [5, 5.41) is 8.32. The van der Waals surface area contributed by atoms with Gasteiger partial charge in [-0.05, 0) is 40.8 Å². The summed E-state index contributed by atoms with van der Waals surface area (Å²) in [6, 6.07) is 5.49. The summed E-state index contributed by atoms with van der Waals surface area (Å²) in [4.78, 5) is 0. The molecular weight excluding hydrogens is 350 g/mol. The van der Waals surface area contributed by atoms with Crippen LogP contribution in [-0.4, -0.2) is 10.2 Å². The molecule has 3 nitrogen and oxygen atoms in total. The van der Waals surface area contributed by atoms with Gasteiger partial charge >= 0.3 is 0 Å². The zero-order chi connectivity index (χ0) is 10.8. The van der Waals surface area contributed by atoms with E-state index in [1.54, 1.807) is 6.07 Å². The number of aromatic nitrogens is 2. The van der Waals surface area contributed by atoms with E-state index in [0.717, 1.165) is 9.13 Å². The van der Waals surface area contributed by atoms with Gasteiger partial charge in [0.25, 0.3) is 0 Å². The first kappa shape index (κ1) is 11.2. The van der Waals surface area contributed by atoms with E-state index in [0.29, 0.717) is 16.8 Å². The van der Waals surface area contributed by atoms with E-state index in [9.17, 15) is 0 Å². The summed E-state index contributed by atoms with van der Waals surface area (Å²) in [6.45, 7) is 0. The van der Waals surface area contributed by atoms with Crippen LogP contribution in [0.2, 0.25) is 5.02 Å². The summed E-state index contributed by atoms with van der Waals surface area (Å²) < 4.78 is 6.34. The van der Waals surface area contributed by atoms with E-state index in [4.69, 9.17) is 27.6 Å². The van der Waals surface area contributed by atoms with E-state index in [1.165, 1.54) is 0 Å². The summed E-state index contributed by atoms with van der Waals surface area (Å²) in [7, 11) is 0. The Morgan fingerprint density at radius 2 is 2.13 bits per heavy atom. The Balaban J connectivity index is 2.48. The third-order valence-electron chi connectivity index (χ3n) is 1.74. The molecule has 0 fully saturated rings. The fourth-order valence-electron chi connectivity index (χ4n) is 1.08. The third kappa shape index (κ3) is 2.43. The normalized spacial score (nSPS) is 10.6. The lowest BCUT2D eigenvalue weighted by Crippen LogP contribution is -1.82. The van der Waals surface area contributed by atoms with Crippen molar-refractivity contribution >= 4 is 45.8 Å². The van der Waals surface area contributed by atoms with Gasteiger partial charge in [0, 0.05) is 8.59 Å². The second-order valence-electron chi connectivity index (χ2n) is 2.76. The molecule has 0 aliphatic carbocycles. The lowest BCUT2D eigenvalue weighted by atomic mass is 10.2. The first-order valence-electron chi connectivity index (χ1n) is 4.04. The van der Waals surface area contributed by atoms with Crippen molar-refractivity contribution in [2.75, 3.05) is 0 Å². The topological polar surface area (TPSA) is 38.9 Å². The minimum absolute atomic E-state index is 0.212. The number of halogens is 3. The van der Waals surface area contributed by atoms with Crippen molar-refractivity contribution in [3.05, 3.63) is 32.7 Å². The molecule has 0 aliphatic rings. The minimum atomic E-state index is 0.212. The van der Waals surface area contributed by atoms with Gasteiger partial charge in [-0.15, -0.1) is 21.8 Å². The number of nitrogens with zero attached hydrogens (tertiary/aromatic N) is 2. The molecule has 0 saturated heterocycles. The smallest absolute Gasteiger partial charge is 0.248 e. The summed E-state index contributed by atoms with van der Waals surface area (Å²) in [5.74, 6) is 1.06. The first-order chi connectivity index (χ1) is 7.20. The maximum atomic E-state index is 5.89. The van der Waals surface area contributed by atoms with Gasteiger partial charge in [-0.1, -0.05) is 11.6 Å². The van der Waals surface area contributed by atoms with Crippen LogP contribution >= 0.6 is 45.8 Å². The van der Waals surface area contributed by atoms with E-state index in [2.05, 4.69) is 32.8 Å². The van der Waals surface area contributed by atoms with Crippen LogP contribution in [0.3, 0.4) is 0 Å². The molecule has 0 radical (unpaired) electrons. The number of benzene rings is 1. The summed E-state index contributed by atoms with van der Waals surface area (Å²) >= 11 is 13.6. The van der Waals surface area contributed by atoms with Gasteiger partial charge in [-0.3, -0.25) is 0 Å². The van der Waals surface area contributed by atoms with Gasteiger partial charge in [0.15, 0.2) is 0 Å². The average Bonchev–Trinajstić information content (AvgIpc) is 2.70. The molecule has 0 unspecified atom stereocenters. The maximum absolute atomic E-state index is 5.89. The van der Waals surface area contributed by atoms with Crippen LogP contribution < -0.4 is 0 Å². The highest BCUT2D eigenvalue weighted by Gasteiger charge is 2.11. The Morgan fingerprint density at radius 3 is 2.80 bits per heavy atom. The maximum Gasteiger partial charge on any atom is 0.248 e. The summed E-state index contributed by atoms with van der Waals surface area (Å²) in [5.41, 5.74) is 0.826. The van der Waals surface area contributed by atoms with Gasteiger partial charge in [0.05, 0.1) is 5.56 Å². The fraction of sp³-hybridized carbons (Fsp3) is 0.111. The quantitative estimate of drug-likeness (QED) is 0.609. The van der Waals surface area contributed by atoms with Crippen molar-refractivity contribution < 1.29 is 4.42 Å². The van der Waals surface area contributed by atoms with Crippen molar-refractivity contribution in [2.24, 2.45) is 0 Å².